The average molecular weight is 440 g/mol. The number of carbonyl (C=O) groups is 2. The van der Waals surface area contributed by atoms with E-state index >= 15 is 0 Å². The molecule has 0 saturated heterocycles. The van der Waals surface area contributed by atoms with Crippen molar-refractivity contribution in [2.45, 2.75) is 57.0 Å². The zero-order valence-corrected chi connectivity index (χ0v) is 17.8. The summed E-state index contributed by atoms with van der Waals surface area (Å²) in [6.07, 6.45) is -0.682. The highest BCUT2D eigenvalue weighted by Gasteiger charge is 2.40. The minimum atomic E-state index is -4.79. The topological polar surface area (TPSA) is 85.7 Å². The Kier molecular flexibility index (Phi) is 7.90. The van der Waals surface area contributed by atoms with Crippen molar-refractivity contribution in [2.24, 2.45) is 0 Å². The van der Waals surface area contributed by atoms with Crippen LogP contribution in [0.5, 0.6) is 5.75 Å². The van der Waals surface area contributed by atoms with Crippen LogP contribution in [-0.4, -0.2) is 60.2 Å². The molecule has 0 heterocycles. The lowest BCUT2D eigenvalue weighted by Gasteiger charge is -2.41. The van der Waals surface area contributed by atoms with Crippen molar-refractivity contribution in [3.63, 3.8) is 0 Å². The molecule has 1 aliphatic carbocycles. The second-order valence-corrected chi connectivity index (χ2v) is 7.81. The Labute approximate surface area is 179 Å². The Morgan fingerprint density at radius 3 is 2.29 bits per heavy atom. The van der Waals surface area contributed by atoms with Crippen LogP contribution in [0, 0.1) is 11.3 Å². The third-order valence-corrected chi connectivity index (χ3v) is 5.64. The van der Waals surface area contributed by atoms with Crippen LogP contribution in [0.2, 0.25) is 0 Å². The Bertz CT molecular complexity index is 815. The van der Waals surface area contributed by atoms with Crippen LogP contribution in [0.3, 0.4) is 0 Å². The van der Waals surface area contributed by atoms with Gasteiger partial charge in [-0.15, -0.1) is 13.2 Å². The number of benzene rings is 1. The number of rotatable bonds is 7. The van der Waals surface area contributed by atoms with Gasteiger partial charge in [-0.3, -0.25) is 14.5 Å². The molecule has 1 N–H and O–H groups in total. The minimum Gasteiger partial charge on any atom is -0.406 e. The molecule has 31 heavy (non-hydrogen) atoms. The Morgan fingerprint density at radius 1 is 1.19 bits per heavy atom. The third-order valence-electron chi connectivity index (χ3n) is 5.64. The van der Waals surface area contributed by atoms with Crippen molar-refractivity contribution < 1.29 is 27.5 Å². The lowest BCUT2D eigenvalue weighted by molar-refractivity contribution is -0.274. The van der Waals surface area contributed by atoms with Gasteiger partial charge < -0.3 is 15.0 Å². The Hall–Kier alpha value is -2.80. The summed E-state index contributed by atoms with van der Waals surface area (Å²) in [5, 5.41) is 12.3. The van der Waals surface area contributed by atoms with Crippen molar-refractivity contribution in [3.8, 4) is 11.8 Å². The van der Waals surface area contributed by atoms with Gasteiger partial charge in [-0.1, -0.05) is 19.3 Å². The number of carbonyl (C=O) groups excluding carboxylic acids is 2. The highest BCUT2D eigenvalue weighted by molar-refractivity contribution is 5.93. The first kappa shape index (κ1) is 24.5. The molecular formula is C21H27F3N4O3. The van der Waals surface area contributed by atoms with E-state index in [1.54, 1.807) is 25.9 Å². The molecule has 170 valence electrons. The highest BCUT2D eigenvalue weighted by atomic mass is 19.4. The van der Waals surface area contributed by atoms with Gasteiger partial charge in [-0.25, -0.2) is 0 Å². The van der Waals surface area contributed by atoms with Crippen LogP contribution in [0.15, 0.2) is 24.3 Å². The van der Waals surface area contributed by atoms with Crippen LogP contribution < -0.4 is 10.1 Å². The van der Waals surface area contributed by atoms with E-state index in [0.29, 0.717) is 18.5 Å². The van der Waals surface area contributed by atoms with E-state index in [2.05, 4.69) is 16.1 Å². The predicted molar refractivity (Wildman–Crippen MR) is 108 cm³/mol. The quantitative estimate of drug-likeness (QED) is 0.701. The molecule has 7 nitrogen and oxygen atoms in total. The molecule has 1 fully saturated rings. The number of nitriles is 1. The first-order valence-corrected chi connectivity index (χ1v) is 10.0. The van der Waals surface area contributed by atoms with E-state index in [0.717, 1.165) is 31.4 Å². The van der Waals surface area contributed by atoms with Crippen molar-refractivity contribution >= 4 is 17.5 Å². The zero-order valence-electron chi connectivity index (χ0n) is 17.8. The van der Waals surface area contributed by atoms with E-state index < -0.39 is 23.9 Å². The summed E-state index contributed by atoms with van der Waals surface area (Å²) in [4.78, 5) is 28.3. The molecule has 0 bridgehead atoms. The van der Waals surface area contributed by atoms with Crippen LogP contribution in [0.1, 0.15) is 39.0 Å². The minimum absolute atomic E-state index is 0.110. The first-order valence-electron chi connectivity index (χ1n) is 10.0. The maximum absolute atomic E-state index is 12.9. The molecule has 2 amide bonds. The van der Waals surface area contributed by atoms with Gasteiger partial charge >= 0.3 is 6.36 Å². The molecule has 1 saturated carbocycles. The van der Waals surface area contributed by atoms with E-state index in [1.165, 1.54) is 17.0 Å². The number of hydrogen-bond acceptors (Lipinski definition) is 5. The fourth-order valence-electron chi connectivity index (χ4n) is 3.64. The maximum Gasteiger partial charge on any atom is 0.573 e. The molecular weight excluding hydrogens is 413 g/mol. The fourth-order valence-corrected chi connectivity index (χ4v) is 3.64. The normalized spacial score (nSPS) is 16.8. The van der Waals surface area contributed by atoms with E-state index in [1.807, 2.05) is 0 Å². The van der Waals surface area contributed by atoms with Crippen LogP contribution in [0.4, 0.5) is 18.9 Å². The van der Waals surface area contributed by atoms with Gasteiger partial charge in [0.2, 0.25) is 11.8 Å². The number of nitrogens with one attached hydrogen (secondary N) is 1. The number of alkyl halides is 3. The number of nitrogens with zero attached hydrogens (tertiary/aromatic N) is 3. The number of hydrogen-bond donors (Lipinski definition) is 1. The van der Waals surface area contributed by atoms with Gasteiger partial charge in [0, 0.05) is 12.7 Å². The second-order valence-electron chi connectivity index (χ2n) is 7.81. The van der Waals surface area contributed by atoms with Gasteiger partial charge in [0.15, 0.2) is 0 Å². The largest absolute Gasteiger partial charge is 0.573 e. The number of halogens is 3. The number of anilines is 1. The highest BCUT2D eigenvalue weighted by Crippen LogP contribution is 2.33. The molecule has 0 radical (unpaired) electrons. The summed E-state index contributed by atoms with van der Waals surface area (Å²) in [6.45, 7) is 1.56. The van der Waals surface area contributed by atoms with Gasteiger partial charge in [0.05, 0.1) is 18.7 Å². The lowest BCUT2D eigenvalue weighted by atomic mass is 9.81. The van der Waals surface area contributed by atoms with Gasteiger partial charge in [-0.05, 0) is 51.1 Å². The zero-order chi connectivity index (χ0) is 23.2. The van der Waals surface area contributed by atoms with Crippen molar-refractivity contribution in [2.75, 3.05) is 26.0 Å². The summed E-state index contributed by atoms with van der Waals surface area (Å²) in [6, 6.07) is 6.46. The molecule has 1 aromatic carbocycles. The number of ether oxygens (including phenoxy) is 1. The molecule has 1 aromatic rings. The van der Waals surface area contributed by atoms with Gasteiger partial charge in [0.1, 0.15) is 11.3 Å². The molecule has 1 aliphatic rings. The summed E-state index contributed by atoms with van der Waals surface area (Å²) >= 11 is 0. The standard InChI is InChI=1S/C21H27F3N4O3/c1-15(19(30)28(3)20(14-25)11-5-4-6-12-20)27(2)13-18(29)26-16-7-9-17(10-8-16)31-21(22,23)24/h7-10,15H,4-6,11-13H2,1-3H3,(H,26,29). The van der Waals surface area contributed by atoms with E-state index in [-0.39, 0.29) is 18.2 Å². The molecule has 1 unspecified atom stereocenters. The van der Waals surface area contributed by atoms with E-state index in [9.17, 15) is 28.0 Å². The Morgan fingerprint density at radius 2 is 1.77 bits per heavy atom. The summed E-state index contributed by atoms with van der Waals surface area (Å²) in [7, 11) is 3.25. The molecule has 0 aromatic heterocycles. The molecule has 10 heteroatoms. The van der Waals surface area contributed by atoms with Gasteiger partial charge in [-0.2, -0.15) is 5.26 Å². The Balaban J connectivity index is 1.92. The lowest BCUT2D eigenvalue weighted by Crippen LogP contribution is -2.55. The van der Waals surface area contributed by atoms with E-state index in [4.69, 9.17) is 0 Å². The summed E-state index contributed by atoms with van der Waals surface area (Å²) in [5.74, 6) is -1.06. The predicted octanol–water partition coefficient (Wildman–Crippen LogP) is 3.53. The smallest absolute Gasteiger partial charge is 0.406 e. The summed E-state index contributed by atoms with van der Waals surface area (Å²) in [5.41, 5.74) is -0.512. The second kappa shape index (κ2) is 10.0. The van der Waals surface area contributed by atoms with Crippen LogP contribution in [-0.2, 0) is 9.59 Å². The molecule has 2 rings (SSSR count). The van der Waals surface area contributed by atoms with Crippen molar-refractivity contribution in [1.29, 1.82) is 5.26 Å². The summed E-state index contributed by atoms with van der Waals surface area (Å²) < 4.78 is 40.4. The van der Waals surface area contributed by atoms with Crippen molar-refractivity contribution in [3.05, 3.63) is 24.3 Å². The SMILES string of the molecule is CC(C(=O)N(C)C1(C#N)CCCCC1)N(C)CC(=O)Nc1ccc(OC(F)(F)F)cc1. The monoisotopic (exact) mass is 440 g/mol. The molecule has 0 aliphatic heterocycles. The number of amides is 2. The van der Waals surface area contributed by atoms with Crippen molar-refractivity contribution in [1.82, 2.24) is 9.80 Å². The maximum atomic E-state index is 12.9. The van der Waals surface area contributed by atoms with Gasteiger partial charge in [0.25, 0.3) is 0 Å². The third kappa shape index (κ3) is 6.59. The van der Waals surface area contributed by atoms with Crippen LogP contribution >= 0.6 is 0 Å². The number of likely N-dealkylation sites (N-methyl/N-ethyl adjacent to an activating group) is 2. The average Bonchev–Trinajstić information content (AvgIpc) is 2.72. The molecule has 1 atom stereocenters. The fraction of sp³-hybridized carbons (Fsp3) is 0.571. The molecule has 0 spiro atoms. The van der Waals surface area contributed by atoms with Crippen LogP contribution in [0.25, 0.3) is 0 Å². The first-order chi connectivity index (χ1) is 14.5.